The first-order valence-corrected chi connectivity index (χ1v) is 9.90. The Kier molecular flexibility index (Phi) is 10.8. The topological polar surface area (TPSA) is 164 Å². The number of thiol groups is 1. The van der Waals surface area contributed by atoms with E-state index in [4.69, 9.17) is 10.8 Å². The molecule has 0 aromatic carbocycles. The van der Waals surface area contributed by atoms with Crippen LogP contribution in [0.3, 0.4) is 0 Å². The average Bonchev–Trinajstić information content (AvgIpc) is 3.19. The summed E-state index contributed by atoms with van der Waals surface area (Å²) in [6.07, 6.45) is 5.18. The number of aromatic nitrogens is 1. The number of carbonyl (C=O) groups excluding carboxylic acids is 2. The van der Waals surface area contributed by atoms with Crippen molar-refractivity contribution in [3.8, 4) is 0 Å². The van der Waals surface area contributed by atoms with E-state index in [9.17, 15) is 24.3 Å². The van der Waals surface area contributed by atoms with Crippen LogP contribution in [0.2, 0.25) is 0 Å². The van der Waals surface area contributed by atoms with Gasteiger partial charge >= 0.3 is 11.9 Å². The van der Waals surface area contributed by atoms with Gasteiger partial charge in [-0.3, -0.25) is 14.4 Å². The molecule has 1 heterocycles. The zero-order valence-corrected chi connectivity index (χ0v) is 16.9. The molecule has 0 aliphatic rings. The summed E-state index contributed by atoms with van der Waals surface area (Å²) in [5, 5.41) is 22.9. The Morgan fingerprint density at radius 3 is 2.17 bits per heavy atom. The normalized spacial score (nSPS) is 13.9. The Labute approximate surface area is 174 Å². The van der Waals surface area contributed by atoms with Crippen LogP contribution >= 0.6 is 12.6 Å². The lowest BCUT2D eigenvalue weighted by atomic mass is 10.1. The molecule has 1 aromatic heterocycles. The van der Waals surface area contributed by atoms with E-state index in [0.717, 1.165) is 13.0 Å². The van der Waals surface area contributed by atoms with Gasteiger partial charge in [-0.05, 0) is 37.8 Å². The molecule has 10 nitrogen and oxygen atoms in total. The van der Waals surface area contributed by atoms with Crippen molar-refractivity contribution in [3.05, 3.63) is 24.5 Å². The third-order valence-corrected chi connectivity index (χ3v) is 4.64. The lowest BCUT2D eigenvalue weighted by molar-refractivity contribution is -0.142. The lowest BCUT2D eigenvalue weighted by Crippen LogP contribution is -2.52. The highest BCUT2D eigenvalue weighted by atomic mass is 32.1. The highest BCUT2D eigenvalue weighted by molar-refractivity contribution is 7.80. The highest BCUT2D eigenvalue weighted by Crippen LogP contribution is 2.05. The predicted octanol–water partition coefficient (Wildman–Crippen LogP) is -0.165. The molecule has 0 aliphatic heterocycles. The molecule has 1 rings (SSSR count). The SMILES string of the molecule is NC(CCC(=O)NC(CS)C(=O)NC(CCCCn1cccc1)C(=O)O)C(=O)O. The van der Waals surface area contributed by atoms with Gasteiger partial charge < -0.3 is 31.1 Å². The number of nitrogens with zero attached hydrogens (tertiary/aromatic N) is 1. The second-order valence-corrected chi connectivity index (χ2v) is 6.97. The second-order valence-electron chi connectivity index (χ2n) is 6.60. The number of unbranched alkanes of at least 4 members (excludes halogenated alkanes) is 1. The number of amides is 2. The van der Waals surface area contributed by atoms with E-state index in [-0.39, 0.29) is 25.0 Å². The third-order valence-electron chi connectivity index (χ3n) is 4.27. The Balaban J connectivity index is 2.45. The Bertz CT molecular complexity index is 682. The van der Waals surface area contributed by atoms with Gasteiger partial charge in [0.2, 0.25) is 11.8 Å². The number of aryl methyl sites for hydroxylation is 1. The summed E-state index contributed by atoms with van der Waals surface area (Å²) >= 11 is 4.02. The molecule has 6 N–H and O–H groups in total. The summed E-state index contributed by atoms with van der Waals surface area (Å²) in [4.78, 5) is 46.3. The number of carboxylic acids is 2. The number of hydrogen-bond acceptors (Lipinski definition) is 6. The molecule has 0 saturated carbocycles. The minimum absolute atomic E-state index is 0.0392. The summed E-state index contributed by atoms with van der Waals surface area (Å²) in [5.41, 5.74) is 5.34. The van der Waals surface area contributed by atoms with Gasteiger partial charge in [0.05, 0.1) is 0 Å². The van der Waals surface area contributed by atoms with E-state index in [0.29, 0.717) is 6.42 Å². The summed E-state index contributed by atoms with van der Waals surface area (Å²) in [6.45, 7) is 0.751. The van der Waals surface area contributed by atoms with Gasteiger partial charge in [-0.25, -0.2) is 4.79 Å². The molecule has 0 radical (unpaired) electrons. The molecule has 2 amide bonds. The van der Waals surface area contributed by atoms with Gasteiger partial charge in [0.15, 0.2) is 0 Å². The largest absolute Gasteiger partial charge is 0.480 e. The quantitative estimate of drug-likeness (QED) is 0.177. The molecule has 0 bridgehead atoms. The van der Waals surface area contributed by atoms with Crippen molar-refractivity contribution in [2.45, 2.75) is 56.8 Å². The Morgan fingerprint density at radius 1 is 0.966 bits per heavy atom. The van der Waals surface area contributed by atoms with E-state index in [1.807, 2.05) is 29.1 Å². The van der Waals surface area contributed by atoms with Gasteiger partial charge in [-0.1, -0.05) is 0 Å². The predicted molar refractivity (Wildman–Crippen MR) is 108 cm³/mol. The number of nitrogens with two attached hydrogens (primary N) is 1. The average molecular weight is 429 g/mol. The van der Waals surface area contributed by atoms with Crippen LogP contribution in [0.4, 0.5) is 0 Å². The molecule has 0 saturated heterocycles. The van der Waals surface area contributed by atoms with Crippen molar-refractivity contribution in [3.63, 3.8) is 0 Å². The fourth-order valence-corrected chi connectivity index (χ4v) is 2.82. The third kappa shape index (κ3) is 9.48. The van der Waals surface area contributed by atoms with Crippen molar-refractivity contribution in [2.24, 2.45) is 5.73 Å². The molecule has 29 heavy (non-hydrogen) atoms. The zero-order valence-electron chi connectivity index (χ0n) is 16.0. The zero-order chi connectivity index (χ0) is 21.8. The van der Waals surface area contributed by atoms with Gasteiger partial charge in [0, 0.05) is 31.1 Å². The summed E-state index contributed by atoms with van der Waals surface area (Å²) in [5.74, 6) is -3.63. The van der Waals surface area contributed by atoms with E-state index in [2.05, 4.69) is 23.3 Å². The molecule has 0 fully saturated rings. The minimum Gasteiger partial charge on any atom is -0.480 e. The first kappa shape index (κ1) is 24.5. The molecule has 162 valence electrons. The highest BCUT2D eigenvalue weighted by Gasteiger charge is 2.25. The van der Waals surface area contributed by atoms with Gasteiger partial charge in [0.1, 0.15) is 18.1 Å². The van der Waals surface area contributed by atoms with Crippen molar-refractivity contribution in [1.82, 2.24) is 15.2 Å². The first-order chi connectivity index (χ1) is 13.7. The molecular formula is C18H28N4O6S. The van der Waals surface area contributed by atoms with Crippen LogP contribution in [0.15, 0.2) is 24.5 Å². The van der Waals surface area contributed by atoms with Crippen molar-refractivity contribution in [1.29, 1.82) is 0 Å². The van der Waals surface area contributed by atoms with Crippen molar-refractivity contribution < 1.29 is 29.4 Å². The van der Waals surface area contributed by atoms with Crippen LogP contribution in [-0.4, -0.2) is 62.4 Å². The number of rotatable bonds is 14. The maximum Gasteiger partial charge on any atom is 0.326 e. The standard InChI is InChI=1S/C18H28N4O6S/c19-12(17(25)26)6-7-15(23)20-14(11-29)16(24)21-13(18(27)28)5-1-2-8-22-9-3-4-10-22/h3-4,9-10,12-14,29H,1-2,5-8,11,19H2,(H,20,23)(H,21,24)(H,25,26)(H,27,28). The van der Waals surface area contributed by atoms with Crippen LogP contribution in [0.5, 0.6) is 0 Å². The number of aliphatic carboxylic acids is 2. The number of carbonyl (C=O) groups is 4. The Morgan fingerprint density at radius 2 is 1.62 bits per heavy atom. The molecule has 11 heteroatoms. The number of hydrogen-bond donors (Lipinski definition) is 6. The molecule has 0 aliphatic carbocycles. The summed E-state index contributed by atoms with van der Waals surface area (Å²) in [7, 11) is 0. The van der Waals surface area contributed by atoms with E-state index >= 15 is 0 Å². The van der Waals surface area contributed by atoms with Crippen LogP contribution in [-0.2, 0) is 25.7 Å². The van der Waals surface area contributed by atoms with Crippen molar-refractivity contribution >= 4 is 36.4 Å². The lowest BCUT2D eigenvalue weighted by Gasteiger charge is -2.20. The monoisotopic (exact) mass is 428 g/mol. The molecule has 0 spiro atoms. The fourth-order valence-electron chi connectivity index (χ4n) is 2.56. The van der Waals surface area contributed by atoms with E-state index in [1.54, 1.807) is 0 Å². The number of nitrogens with one attached hydrogen (secondary N) is 2. The molecular weight excluding hydrogens is 400 g/mol. The van der Waals surface area contributed by atoms with Crippen LogP contribution in [0.25, 0.3) is 0 Å². The first-order valence-electron chi connectivity index (χ1n) is 9.27. The molecule has 1 aromatic rings. The van der Waals surface area contributed by atoms with Crippen LogP contribution in [0.1, 0.15) is 32.1 Å². The smallest absolute Gasteiger partial charge is 0.326 e. The van der Waals surface area contributed by atoms with Gasteiger partial charge in [-0.2, -0.15) is 12.6 Å². The maximum atomic E-state index is 12.3. The van der Waals surface area contributed by atoms with E-state index < -0.39 is 41.9 Å². The van der Waals surface area contributed by atoms with Gasteiger partial charge in [-0.15, -0.1) is 0 Å². The van der Waals surface area contributed by atoms with Gasteiger partial charge in [0.25, 0.3) is 0 Å². The Hall–Kier alpha value is -2.53. The summed E-state index contributed by atoms with van der Waals surface area (Å²) < 4.78 is 1.98. The minimum atomic E-state index is -1.22. The number of carboxylic acid groups (broad SMARTS) is 2. The molecule has 3 atom stereocenters. The van der Waals surface area contributed by atoms with Crippen molar-refractivity contribution in [2.75, 3.05) is 5.75 Å². The fraction of sp³-hybridized carbons (Fsp3) is 0.556. The second kappa shape index (κ2) is 12.8. The summed E-state index contributed by atoms with van der Waals surface area (Å²) in [6, 6.07) is 0.524. The molecule has 3 unspecified atom stereocenters. The maximum absolute atomic E-state index is 12.3. The van der Waals surface area contributed by atoms with E-state index in [1.165, 1.54) is 0 Å². The van der Waals surface area contributed by atoms with Crippen LogP contribution in [0, 0.1) is 0 Å². The van der Waals surface area contributed by atoms with Crippen LogP contribution < -0.4 is 16.4 Å².